The third-order valence-electron chi connectivity index (χ3n) is 3.41. The summed E-state index contributed by atoms with van der Waals surface area (Å²) in [4.78, 5) is 8.86. The quantitative estimate of drug-likeness (QED) is 0.766. The lowest BCUT2D eigenvalue weighted by atomic mass is 9.92. The van der Waals surface area contributed by atoms with E-state index in [1.54, 1.807) is 6.33 Å². The fourth-order valence-corrected chi connectivity index (χ4v) is 2.59. The van der Waals surface area contributed by atoms with Gasteiger partial charge in [0.2, 0.25) is 0 Å². The Balaban J connectivity index is 1.93. The maximum absolute atomic E-state index is 5.50. The van der Waals surface area contributed by atoms with Gasteiger partial charge in [0.15, 0.2) is 0 Å². The Bertz CT molecular complexity index is 375. The molecule has 16 heavy (non-hydrogen) atoms. The summed E-state index contributed by atoms with van der Waals surface area (Å²) < 4.78 is 5.50. The van der Waals surface area contributed by atoms with E-state index in [1.165, 1.54) is 29.8 Å². The van der Waals surface area contributed by atoms with E-state index in [-0.39, 0.29) is 6.04 Å². The van der Waals surface area contributed by atoms with Crippen LogP contribution < -0.4 is 5.32 Å². The summed E-state index contributed by atoms with van der Waals surface area (Å²) in [5.74, 6) is 0. The Labute approximate surface area is 95.4 Å². The lowest BCUT2D eigenvalue weighted by Crippen LogP contribution is -2.36. The summed E-state index contributed by atoms with van der Waals surface area (Å²) in [6, 6.07) is 0.267. The minimum atomic E-state index is 0.267. The molecular formula is C12H17N3O. The lowest BCUT2D eigenvalue weighted by Gasteiger charge is -2.27. The SMILES string of the molecule is c1nc2c(c(C3COCCN3)n1)CCCC2. The molecule has 1 fully saturated rings. The second-order valence-corrected chi connectivity index (χ2v) is 4.47. The number of rotatable bonds is 1. The van der Waals surface area contributed by atoms with Gasteiger partial charge in [-0.3, -0.25) is 0 Å². The van der Waals surface area contributed by atoms with E-state index in [9.17, 15) is 0 Å². The summed E-state index contributed by atoms with van der Waals surface area (Å²) in [6.45, 7) is 2.47. The highest BCUT2D eigenvalue weighted by molar-refractivity contribution is 5.29. The van der Waals surface area contributed by atoms with Gasteiger partial charge < -0.3 is 10.1 Å². The van der Waals surface area contributed by atoms with E-state index < -0.39 is 0 Å². The van der Waals surface area contributed by atoms with Crippen LogP contribution in [0.15, 0.2) is 6.33 Å². The highest BCUT2D eigenvalue weighted by Gasteiger charge is 2.23. The number of morpholine rings is 1. The molecule has 1 atom stereocenters. The molecule has 2 aliphatic rings. The molecule has 0 saturated carbocycles. The normalized spacial score (nSPS) is 25.1. The highest BCUT2D eigenvalue weighted by Crippen LogP contribution is 2.25. The van der Waals surface area contributed by atoms with Crippen LogP contribution in [-0.4, -0.2) is 29.7 Å². The third-order valence-corrected chi connectivity index (χ3v) is 3.41. The molecule has 2 heterocycles. The van der Waals surface area contributed by atoms with Gasteiger partial charge >= 0.3 is 0 Å². The van der Waals surface area contributed by atoms with Crippen LogP contribution in [0.3, 0.4) is 0 Å². The smallest absolute Gasteiger partial charge is 0.116 e. The zero-order valence-corrected chi connectivity index (χ0v) is 9.41. The monoisotopic (exact) mass is 219 g/mol. The summed E-state index contributed by atoms with van der Waals surface area (Å²) in [6.07, 6.45) is 6.47. The van der Waals surface area contributed by atoms with Crippen molar-refractivity contribution in [2.45, 2.75) is 31.7 Å². The van der Waals surface area contributed by atoms with Crippen LogP contribution in [0.25, 0.3) is 0 Å². The lowest BCUT2D eigenvalue weighted by molar-refractivity contribution is 0.0752. The predicted molar refractivity (Wildman–Crippen MR) is 60.2 cm³/mol. The molecular weight excluding hydrogens is 202 g/mol. The van der Waals surface area contributed by atoms with Crippen LogP contribution in [0.1, 0.15) is 35.8 Å². The van der Waals surface area contributed by atoms with E-state index in [0.29, 0.717) is 0 Å². The van der Waals surface area contributed by atoms with Gasteiger partial charge in [0.1, 0.15) is 6.33 Å². The number of aromatic nitrogens is 2. The van der Waals surface area contributed by atoms with Crippen molar-refractivity contribution in [2.75, 3.05) is 19.8 Å². The molecule has 1 saturated heterocycles. The largest absolute Gasteiger partial charge is 0.378 e. The fourth-order valence-electron chi connectivity index (χ4n) is 2.59. The maximum Gasteiger partial charge on any atom is 0.116 e. The average Bonchev–Trinajstić information content (AvgIpc) is 2.39. The van der Waals surface area contributed by atoms with Crippen molar-refractivity contribution in [2.24, 2.45) is 0 Å². The zero-order chi connectivity index (χ0) is 10.8. The van der Waals surface area contributed by atoms with E-state index in [4.69, 9.17) is 4.74 Å². The van der Waals surface area contributed by atoms with Crippen molar-refractivity contribution in [1.82, 2.24) is 15.3 Å². The van der Waals surface area contributed by atoms with Gasteiger partial charge in [-0.15, -0.1) is 0 Å². The minimum Gasteiger partial charge on any atom is -0.378 e. The molecule has 4 nitrogen and oxygen atoms in total. The first-order chi connectivity index (χ1) is 7.95. The topological polar surface area (TPSA) is 47.0 Å². The second-order valence-electron chi connectivity index (χ2n) is 4.47. The molecule has 1 unspecified atom stereocenters. The number of fused-ring (bicyclic) bond motifs is 1. The van der Waals surface area contributed by atoms with Crippen molar-refractivity contribution in [1.29, 1.82) is 0 Å². The summed E-state index contributed by atoms with van der Waals surface area (Å²) in [5, 5.41) is 3.47. The van der Waals surface area contributed by atoms with Crippen molar-refractivity contribution in [3.63, 3.8) is 0 Å². The molecule has 0 radical (unpaired) electrons. The molecule has 0 aromatic carbocycles. The van der Waals surface area contributed by atoms with Crippen LogP contribution in [0.4, 0.5) is 0 Å². The minimum absolute atomic E-state index is 0.267. The first-order valence-electron chi connectivity index (χ1n) is 6.09. The van der Waals surface area contributed by atoms with Crippen LogP contribution in [0.2, 0.25) is 0 Å². The average molecular weight is 219 g/mol. The van der Waals surface area contributed by atoms with Crippen molar-refractivity contribution >= 4 is 0 Å². The van der Waals surface area contributed by atoms with Gasteiger partial charge in [-0.05, 0) is 31.2 Å². The van der Waals surface area contributed by atoms with E-state index in [1.807, 2.05) is 0 Å². The second kappa shape index (κ2) is 4.47. The van der Waals surface area contributed by atoms with E-state index in [0.717, 1.165) is 32.6 Å². The van der Waals surface area contributed by atoms with Crippen LogP contribution in [0.5, 0.6) is 0 Å². The Hall–Kier alpha value is -1.00. The van der Waals surface area contributed by atoms with Crippen LogP contribution in [-0.2, 0) is 17.6 Å². The molecule has 3 rings (SSSR count). The first-order valence-corrected chi connectivity index (χ1v) is 6.09. The van der Waals surface area contributed by atoms with Crippen molar-refractivity contribution in [3.05, 3.63) is 23.3 Å². The van der Waals surface area contributed by atoms with E-state index >= 15 is 0 Å². The van der Waals surface area contributed by atoms with Crippen molar-refractivity contribution < 1.29 is 4.74 Å². The Morgan fingerprint density at radius 3 is 3.06 bits per heavy atom. The summed E-state index contributed by atoms with van der Waals surface area (Å²) >= 11 is 0. The molecule has 0 amide bonds. The fraction of sp³-hybridized carbons (Fsp3) is 0.667. The molecule has 4 heteroatoms. The molecule has 1 N–H and O–H groups in total. The number of ether oxygens (including phenoxy) is 1. The van der Waals surface area contributed by atoms with Crippen molar-refractivity contribution in [3.8, 4) is 0 Å². The summed E-state index contributed by atoms with van der Waals surface area (Å²) in [5.41, 5.74) is 3.80. The molecule has 1 aliphatic carbocycles. The first kappa shape index (κ1) is 10.2. The molecule has 0 bridgehead atoms. The molecule has 0 spiro atoms. The third kappa shape index (κ3) is 1.83. The van der Waals surface area contributed by atoms with E-state index in [2.05, 4.69) is 15.3 Å². The Morgan fingerprint density at radius 2 is 2.19 bits per heavy atom. The predicted octanol–water partition coefficient (Wildman–Crippen LogP) is 1.02. The standard InChI is InChI=1S/C12H17N3O/c1-2-4-10-9(3-1)12(15-8-14-10)11-7-16-6-5-13-11/h8,11,13H,1-7H2. The maximum atomic E-state index is 5.50. The van der Waals surface area contributed by atoms with Gasteiger partial charge in [-0.1, -0.05) is 0 Å². The van der Waals surface area contributed by atoms with Gasteiger partial charge in [0.05, 0.1) is 24.9 Å². The van der Waals surface area contributed by atoms with Crippen LogP contribution in [0, 0.1) is 0 Å². The zero-order valence-electron chi connectivity index (χ0n) is 9.41. The number of nitrogens with one attached hydrogen (secondary N) is 1. The number of hydrogen-bond acceptors (Lipinski definition) is 4. The molecule has 1 aromatic heterocycles. The van der Waals surface area contributed by atoms with Gasteiger partial charge in [0.25, 0.3) is 0 Å². The number of aryl methyl sites for hydroxylation is 1. The highest BCUT2D eigenvalue weighted by atomic mass is 16.5. The molecule has 86 valence electrons. The summed E-state index contributed by atoms with van der Waals surface area (Å²) in [7, 11) is 0. The Kier molecular flexibility index (Phi) is 2.84. The van der Waals surface area contributed by atoms with Gasteiger partial charge in [-0.2, -0.15) is 0 Å². The Morgan fingerprint density at radius 1 is 1.25 bits per heavy atom. The number of hydrogen-bond donors (Lipinski definition) is 1. The molecule has 1 aliphatic heterocycles. The molecule has 1 aromatic rings. The number of nitrogens with zero attached hydrogens (tertiary/aromatic N) is 2. The van der Waals surface area contributed by atoms with Gasteiger partial charge in [-0.25, -0.2) is 9.97 Å². The van der Waals surface area contributed by atoms with Crippen LogP contribution >= 0.6 is 0 Å². The van der Waals surface area contributed by atoms with Gasteiger partial charge in [0, 0.05) is 12.2 Å².